The highest BCUT2D eigenvalue weighted by molar-refractivity contribution is 5.86. The highest BCUT2D eigenvalue weighted by Gasteiger charge is 2.06. The molecule has 0 fully saturated rings. The van der Waals surface area contributed by atoms with Crippen molar-refractivity contribution < 1.29 is 0 Å². The van der Waals surface area contributed by atoms with Gasteiger partial charge in [0.15, 0.2) is 5.96 Å². The van der Waals surface area contributed by atoms with Gasteiger partial charge in [0.1, 0.15) is 18.7 Å². The van der Waals surface area contributed by atoms with Crippen LogP contribution in [0.5, 0.6) is 0 Å². The summed E-state index contributed by atoms with van der Waals surface area (Å²) in [5, 5.41) is 12.0. The molecular formula is C18H25N7. The number of aliphatic imine (C=N–C) groups is 1. The highest BCUT2D eigenvalue weighted by atomic mass is 15.3. The van der Waals surface area contributed by atoms with Gasteiger partial charge in [-0.25, -0.2) is 9.98 Å². The molecule has 0 aliphatic rings. The number of aromatic nitrogens is 4. The molecule has 3 N–H and O–H groups in total. The molecule has 3 rings (SSSR count). The Morgan fingerprint density at radius 3 is 2.96 bits per heavy atom. The van der Waals surface area contributed by atoms with E-state index in [4.69, 9.17) is 0 Å². The van der Waals surface area contributed by atoms with Crippen LogP contribution < -0.4 is 10.6 Å². The van der Waals surface area contributed by atoms with Crippen LogP contribution in [0.1, 0.15) is 23.9 Å². The summed E-state index contributed by atoms with van der Waals surface area (Å²) in [6.45, 7) is 6.34. The zero-order valence-corrected chi connectivity index (χ0v) is 15.0. The van der Waals surface area contributed by atoms with Crippen LogP contribution in [0.15, 0.2) is 35.7 Å². The lowest BCUT2D eigenvalue weighted by Gasteiger charge is -2.11. The first-order valence-corrected chi connectivity index (χ1v) is 8.59. The average Bonchev–Trinajstić information content (AvgIpc) is 3.20. The van der Waals surface area contributed by atoms with E-state index in [0.29, 0.717) is 6.54 Å². The van der Waals surface area contributed by atoms with Gasteiger partial charge in [-0.2, -0.15) is 5.10 Å². The van der Waals surface area contributed by atoms with E-state index in [9.17, 15) is 0 Å². The summed E-state index contributed by atoms with van der Waals surface area (Å²) in [5.41, 5.74) is 3.82. The van der Waals surface area contributed by atoms with Crippen LogP contribution >= 0.6 is 0 Å². The van der Waals surface area contributed by atoms with Crippen molar-refractivity contribution in [3.63, 3.8) is 0 Å². The molecule has 0 saturated heterocycles. The van der Waals surface area contributed by atoms with Crippen LogP contribution in [0, 0.1) is 6.92 Å². The van der Waals surface area contributed by atoms with Crippen LogP contribution in [-0.4, -0.2) is 38.8 Å². The van der Waals surface area contributed by atoms with Crippen molar-refractivity contribution in [3.05, 3.63) is 47.7 Å². The van der Waals surface area contributed by atoms with E-state index in [1.54, 1.807) is 11.0 Å². The van der Waals surface area contributed by atoms with Gasteiger partial charge in [-0.3, -0.25) is 4.68 Å². The fraction of sp³-hybridized carbons (Fsp3) is 0.389. The number of aromatic amines is 1. The Hall–Kier alpha value is -2.83. The molecule has 0 amide bonds. The standard InChI is InChI=1S/C18H25N7/c1-4-19-18(22-11-16-23-12-24-25(16)3)20-9-8-14-10-21-15-7-5-6-13(2)17(14)15/h5-7,10,12,21H,4,8-9,11H2,1-3H3,(H2,19,20,22). The second-order valence-electron chi connectivity index (χ2n) is 5.98. The number of hydrogen-bond donors (Lipinski definition) is 3. The third kappa shape index (κ3) is 3.99. The Labute approximate surface area is 147 Å². The molecular weight excluding hydrogens is 314 g/mol. The second-order valence-corrected chi connectivity index (χ2v) is 5.98. The molecule has 25 heavy (non-hydrogen) atoms. The van der Waals surface area contributed by atoms with Crippen LogP contribution in [0.3, 0.4) is 0 Å². The molecule has 0 saturated carbocycles. The normalized spacial score (nSPS) is 11.9. The number of nitrogens with one attached hydrogen (secondary N) is 3. The van der Waals surface area contributed by atoms with E-state index in [1.807, 2.05) is 7.05 Å². The SMILES string of the molecule is CCNC(=NCc1ncnn1C)NCCc1c[nH]c2cccc(C)c12. The topological polar surface area (TPSA) is 82.9 Å². The van der Waals surface area contributed by atoms with Gasteiger partial charge in [-0.15, -0.1) is 0 Å². The zero-order valence-electron chi connectivity index (χ0n) is 15.0. The minimum absolute atomic E-state index is 0.498. The monoisotopic (exact) mass is 339 g/mol. The molecule has 0 radical (unpaired) electrons. The van der Waals surface area contributed by atoms with E-state index in [1.165, 1.54) is 22.0 Å². The van der Waals surface area contributed by atoms with Crippen molar-refractivity contribution >= 4 is 16.9 Å². The minimum Gasteiger partial charge on any atom is -0.361 e. The maximum atomic E-state index is 4.58. The lowest BCUT2D eigenvalue weighted by molar-refractivity contribution is 0.697. The lowest BCUT2D eigenvalue weighted by atomic mass is 10.1. The van der Waals surface area contributed by atoms with E-state index in [0.717, 1.165) is 31.3 Å². The van der Waals surface area contributed by atoms with E-state index in [2.05, 4.69) is 68.9 Å². The van der Waals surface area contributed by atoms with Crippen molar-refractivity contribution in [3.8, 4) is 0 Å². The highest BCUT2D eigenvalue weighted by Crippen LogP contribution is 2.22. The van der Waals surface area contributed by atoms with Gasteiger partial charge in [-0.1, -0.05) is 12.1 Å². The number of benzene rings is 1. The number of hydrogen-bond acceptors (Lipinski definition) is 3. The van der Waals surface area contributed by atoms with Crippen LogP contribution in [0.4, 0.5) is 0 Å². The molecule has 2 aromatic heterocycles. The fourth-order valence-electron chi connectivity index (χ4n) is 2.92. The van der Waals surface area contributed by atoms with E-state index in [-0.39, 0.29) is 0 Å². The maximum Gasteiger partial charge on any atom is 0.191 e. The summed E-state index contributed by atoms with van der Waals surface area (Å²) in [6, 6.07) is 6.35. The summed E-state index contributed by atoms with van der Waals surface area (Å²) in [4.78, 5) is 12.1. The Balaban J connectivity index is 1.62. The Morgan fingerprint density at radius 1 is 1.32 bits per heavy atom. The molecule has 132 valence electrons. The quantitative estimate of drug-likeness (QED) is 0.473. The van der Waals surface area contributed by atoms with Crippen LogP contribution in [0.2, 0.25) is 0 Å². The number of nitrogens with zero attached hydrogens (tertiary/aromatic N) is 4. The van der Waals surface area contributed by atoms with Crippen molar-refractivity contribution in [1.29, 1.82) is 0 Å². The molecule has 0 atom stereocenters. The molecule has 2 heterocycles. The van der Waals surface area contributed by atoms with E-state index < -0.39 is 0 Å². The Bertz CT molecular complexity index is 859. The number of aryl methyl sites for hydroxylation is 2. The summed E-state index contributed by atoms with van der Waals surface area (Å²) >= 11 is 0. The van der Waals surface area contributed by atoms with Gasteiger partial charge < -0.3 is 15.6 Å². The molecule has 7 heteroatoms. The molecule has 0 aliphatic carbocycles. The van der Waals surface area contributed by atoms with Gasteiger partial charge in [0, 0.05) is 37.2 Å². The van der Waals surface area contributed by atoms with Gasteiger partial charge in [0.05, 0.1) is 0 Å². The Kier molecular flexibility index (Phi) is 5.33. The first-order valence-electron chi connectivity index (χ1n) is 8.59. The van der Waals surface area contributed by atoms with Crippen molar-refractivity contribution in [2.75, 3.05) is 13.1 Å². The molecule has 0 spiro atoms. The summed E-state index contributed by atoms with van der Waals surface area (Å²) in [5.74, 6) is 1.63. The third-order valence-corrected chi connectivity index (χ3v) is 4.21. The molecule has 1 aromatic carbocycles. The van der Waals surface area contributed by atoms with Crippen LogP contribution in [0.25, 0.3) is 10.9 Å². The average molecular weight is 339 g/mol. The third-order valence-electron chi connectivity index (χ3n) is 4.21. The number of fused-ring (bicyclic) bond motifs is 1. The van der Waals surface area contributed by atoms with E-state index >= 15 is 0 Å². The predicted molar refractivity (Wildman–Crippen MR) is 101 cm³/mol. The number of rotatable bonds is 6. The Morgan fingerprint density at radius 2 is 2.20 bits per heavy atom. The minimum atomic E-state index is 0.498. The predicted octanol–water partition coefficient (Wildman–Crippen LogP) is 1.90. The summed E-state index contributed by atoms with van der Waals surface area (Å²) < 4.78 is 1.74. The molecule has 0 aliphatic heterocycles. The smallest absolute Gasteiger partial charge is 0.191 e. The summed E-state index contributed by atoms with van der Waals surface area (Å²) in [6.07, 6.45) is 4.58. The van der Waals surface area contributed by atoms with Crippen molar-refractivity contribution in [2.24, 2.45) is 12.0 Å². The molecule has 0 bridgehead atoms. The van der Waals surface area contributed by atoms with Gasteiger partial charge in [0.25, 0.3) is 0 Å². The van der Waals surface area contributed by atoms with Gasteiger partial charge in [-0.05, 0) is 37.5 Å². The first-order chi connectivity index (χ1) is 12.2. The molecule has 3 aromatic rings. The van der Waals surface area contributed by atoms with Crippen molar-refractivity contribution in [1.82, 2.24) is 30.4 Å². The summed E-state index contributed by atoms with van der Waals surface area (Å²) in [7, 11) is 1.87. The van der Waals surface area contributed by atoms with Gasteiger partial charge >= 0.3 is 0 Å². The van der Waals surface area contributed by atoms with Crippen LogP contribution in [-0.2, 0) is 20.0 Å². The second kappa shape index (κ2) is 7.83. The van der Waals surface area contributed by atoms with Gasteiger partial charge in [0.2, 0.25) is 0 Å². The molecule has 7 nitrogen and oxygen atoms in total. The fourth-order valence-corrected chi connectivity index (χ4v) is 2.92. The zero-order chi connectivity index (χ0) is 17.6. The molecule has 0 unspecified atom stereocenters. The maximum absolute atomic E-state index is 4.58. The first kappa shape index (κ1) is 17.0. The number of guanidine groups is 1. The van der Waals surface area contributed by atoms with Crippen molar-refractivity contribution in [2.45, 2.75) is 26.8 Å². The number of H-pyrrole nitrogens is 1. The largest absolute Gasteiger partial charge is 0.361 e. The lowest BCUT2D eigenvalue weighted by Crippen LogP contribution is -2.38.